The lowest BCUT2D eigenvalue weighted by molar-refractivity contribution is -0.137. The van der Waals surface area contributed by atoms with Gasteiger partial charge in [0.25, 0.3) is 0 Å². The first-order valence-corrected chi connectivity index (χ1v) is 10.2. The molecule has 2 aromatic rings. The second kappa shape index (κ2) is 8.10. The molecule has 0 amide bonds. The fourth-order valence-corrected chi connectivity index (χ4v) is 4.19. The quantitative estimate of drug-likeness (QED) is 0.753. The molecule has 0 spiro atoms. The summed E-state index contributed by atoms with van der Waals surface area (Å²) in [7, 11) is -2.69. The lowest BCUT2D eigenvalue weighted by Crippen LogP contribution is -2.36. The van der Waals surface area contributed by atoms with Crippen LogP contribution in [0.5, 0.6) is 0 Å². The predicted octanol–water partition coefficient (Wildman–Crippen LogP) is 3.36. The smallest absolute Gasteiger partial charge is 0.378 e. The molecule has 1 aliphatic rings. The molecule has 3 rings (SSSR count). The zero-order valence-electron chi connectivity index (χ0n) is 15.3. The second-order valence-corrected chi connectivity index (χ2v) is 8.60. The lowest BCUT2D eigenvalue weighted by Gasteiger charge is -2.29. The summed E-state index contributed by atoms with van der Waals surface area (Å²) in [6.07, 6.45) is -4.60. The summed E-state index contributed by atoms with van der Waals surface area (Å²) in [5, 5.41) is 0. The van der Waals surface area contributed by atoms with Crippen molar-refractivity contribution in [3.8, 4) is 0 Å². The minimum atomic E-state index is -4.60. The summed E-state index contributed by atoms with van der Waals surface area (Å²) in [5.74, 6) is 0. The van der Waals surface area contributed by atoms with Gasteiger partial charge in [-0.25, -0.2) is 8.42 Å². The predicted molar refractivity (Wildman–Crippen MR) is 99.6 cm³/mol. The highest BCUT2D eigenvalue weighted by Crippen LogP contribution is 2.31. The maximum absolute atomic E-state index is 12.9. The van der Waals surface area contributed by atoms with E-state index in [0.717, 1.165) is 40.8 Å². The molecule has 1 saturated heterocycles. The van der Waals surface area contributed by atoms with Gasteiger partial charge < -0.3 is 9.64 Å². The molecule has 1 heterocycles. The number of nitrogens with zero attached hydrogens (tertiary/aromatic N) is 2. The van der Waals surface area contributed by atoms with Crippen LogP contribution >= 0.6 is 0 Å². The van der Waals surface area contributed by atoms with Gasteiger partial charge in [-0.15, -0.1) is 0 Å². The van der Waals surface area contributed by atoms with Gasteiger partial charge >= 0.3 is 6.18 Å². The highest BCUT2D eigenvalue weighted by Gasteiger charge is 2.32. The number of hydrogen-bond donors (Lipinski definition) is 0. The normalized spacial score (nSPS) is 15.8. The van der Waals surface area contributed by atoms with Crippen LogP contribution in [0.15, 0.2) is 53.4 Å². The first-order chi connectivity index (χ1) is 13.2. The van der Waals surface area contributed by atoms with Crippen LogP contribution in [0.25, 0.3) is 0 Å². The lowest BCUT2D eigenvalue weighted by atomic mass is 10.2. The van der Waals surface area contributed by atoms with E-state index >= 15 is 0 Å². The van der Waals surface area contributed by atoms with E-state index in [1.54, 1.807) is 0 Å². The summed E-state index contributed by atoms with van der Waals surface area (Å²) >= 11 is 0. The molecule has 28 heavy (non-hydrogen) atoms. The standard InChI is InChI=1S/C19H21F3N2O3S/c1-23(28(25,26)18-4-2-3-16(13-18)19(20,21)22)14-15-5-7-17(8-6-15)24-9-11-27-12-10-24/h2-8,13H,9-12,14H2,1H3. The molecule has 0 aromatic heterocycles. The number of anilines is 1. The van der Waals surface area contributed by atoms with E-state index in [9.17, 15) is 21.6 Å². The molecule has 0 bridgehead atoms. The van der Waals surface area contributed by atoms with Crippen LogP contribution in [-0.4, -0.2) is 46.1 Å². The van der Waals surface area contributed by atoms with Gasteiger partial charge in [-0.2, -0.15) is 17.5 Å². The topological polar surface area (TPSA) is 49.9 Å². The molecule has 0 aliphatic carbocycles. The first kappa shape index (κ1) is 20.6. The molecule has 0 atom stereocenters. The molecule has 9 heteroatoms. The SMILES string of the molecule is CN(Cc1ccc(N2CCOCC2)cc1)S(=O)(=O)c1cccc(C(F)(F)F)c1. The Morgan fingerprint density at radius 1 is 1.07 bits per heavy atom. The van der Waals surface area contributed by atoms with E-state index in [1.807, 2.05) is 24.3 Å². The van der Waals surface area contributed by atoms with Crippen molar-refractivity contribution < 1.29 is 26.3 Å². The Kier molecular flexibility index (Phi) is 5.97. The van der Waals surface area contributed by atoms with Crippen molar-refractivity contribution in [3.63, 3.8) is 0 Å². The number of benzene rings is 2. The molecule has 0 saturated carbocycles. The number of sulfonamides is 1. The van der Waals surface area contributed by atoms with E-state index in [-0.39, 0.29) is 11.4 Å². The van der Waals surface area contributed by atoms with Crippen molar-refractivity contribution in [3.05, 3.63) is 59.7 Å². The van der Waals surface area contributed by atoms with Crippen molar-refractivity contribution >= 4 is 15.7 Å². The molecule has 5 nitrogen and oxygen atoms in total. The third-order valence-electron chi connectivity index (χ3n) is 4.59. The van der Waals surface area contributed by atoms with Gasteiger partial charge in [0.1, 0.15) is 0 Å². The van der Waals surface area contributed by atoms with E-state index in [4.69, 9.17) is 4.74 Å². The van der Waals surface area contributed by atoms with E-state index < -0.39 is 21.8 Å². The fourth-order valence-electron chi connectivity index (χ4n) is 2.99. The summed E-state index contributed by atoms with van der Waals surface area (Å²) < 4.78 is 70.3. The summed E-state index contributed by atoms with van der Waals surface area (Å²) in [4.78, 5) is 1.80. The number of hydrogen-bond acceptors (Lipinski definition) is 4. The number of ether oxygens (including phenoxy) is 1. The van der Waals surface area contributed by atoms with Crippen LogP contribution in [-0.2, 0) is 27.5 Å². The molecular formula is C19H21F3N2O3S. The maximum Gasteiger partial charge on any atom is 0.416 e. The minimum absolute atomic E-state index is 0.0575. The minimum Gasteiger partial charge on any atom is -0.378 e. The number of halogens is 3. The van der Waals surface area contributed by atoms with E-state index in [1.165, 1.54) is 13.1 Å². The average molecular weight is 414 g/mol. The highest BCUT2D eigenvalue weighted by molar-refractivity contribution is 7.89. The Bertz CT molecular complexity index is 909. The third-order valence-corrected chi connectivity index (χ3v) is 6.39. The highest BCUT2D eigenvalue weighted by atomic mass is 32.2. The van der Waals surface area contributed by atoms with Gasteiger partial charge in [0, 0.05) is 32.4 Å². The first-order valence-electron chi connectivity index (χ1n) is 8.73. The average Bonchev–Trinajstić information content (AvgIpc) is 2.68. The van der Waals surface area contributed by atoms with Gasteiger partial charge in [-0.3, -0.25) is 0 Å². The van der Waals surface area contributed by atoms with Crippen LogP contribution in [0, 0.1) is 0 Å². The molecule has 152 valence electrons. The molecule has 0 unspecified atom stereocenters. The maximum atomic E-state index is 12.9. The Hall–Kier alpha value is -2.10. The van der Waals surface area contributed by atoms with E-state index in [0.29, 0.717) is 19.3 Å². The van der Waals surface area contributed by atoms with E-state index in [2.05, 4.69) is 4.90 Å². The van der Waals surface area contributed by atoms with Gasteiger partial charge in [-0.05, 0) is 35.9 Å². The summed E-state index contributed by atoms with van der Waals surface area (Å²) in [5.41, 5.74) is 0.780. The number of rotatable bonds is 5. The van der Waals surface area contributed by atoms with Gasteiger partial charge in [0.15, 0.2) is 0 Å². The number of morpholine rings is 1. The van der Waals surface area contributed by atoms with Crippen LogP contribution in [0.1, 0.15) is 11.1 Å². The van der Waals surface area contributed by atoms with Crippen molar-refractivity contribution in [1.29, 1.82) is 0 Å². The zero-order valence-corrected chi connectivity index (χ0v) is 16.1. The van der Waals surface area contributed by atoms with Crippen LogP contribution in [0.4, 0.5) is 18.9 Å². The van der Waals surface area contributed by atoms with Crippen molar-refractivity contribution in [2.24, 2.45) is 0 Å². The van der Waals surface area contributed by atoms with Gasteiger partial charge in [-0.1, -0.05) is 18.2 Å². The molecule has 1 aliphatic heterocycles. The Morgan fingerprint density at radius 2 is 1.71 bits per heavy atom. The number of alkyl halides is 3. The molecule has 2 aromatic carbocycles. The van der Waals surface area contributed by atoms with Gasteiger partial charge in [0.05, 0.1) is 23.7 Å². The summed E-state index contributed by atoms with van der Waals surface area (Å²) in [6.45, 7) is 2.98. The zero-order chi connectivity index (χ0) is 20.4. The molecule has 0 N–H and O–H groups in total. The largest absolute Gasteiger partial charge is 0.416 e. The van der Waals surface area contributed by atoms with Crippen LogP contribution in [0.2, 0.25) is 0 Å². The van der Waals surface area contributed by atoms with Crippen LogP contribution in [0.3, 0.4) is 0 Å². The molecular weight excluding hydrogens is 393 g/mol. The Morgan fingerprint density at radius 3 is 2.32 bits per heavy atom. The van der Waals surface area contributed by atoms with Gasteiger partial charge in [0.2, 0.25) is 10.0 Å². The second-order valence-electron chi connectivity index (χ2n) is 6.55. The monoisotopic (exact) mass is 414 g/mol. The van der Waals surface area contributed by atoms with Crippen molar-refractivity contribution in [2.75, 3.05) is 38.3 Å². The van der Waals surface area contributed by atoms with Crippen molar-refractivity contribution in [1.82, 2.24) is 4.31 Å². The summed E-state index contributed by atoms with van der Waals surface area (Å²) in [6, 6.07) is 11.2. The molecule has 1 fully saturated rings. The Labute approximate surface area is 162 Å². The molecule has 0 radical (unpaired) electrons. The Balaban J connectivity index is 1.73. The van der Waals surface area contributed by atoms with Crippen molar-refractivity contribution in [2.45, 2.75) is 17.6 Å². The van der Waals surface area contributed by atoms with Crippen LogP contribution < -0.4 is 4.90 Å². The fraction of sp³-hybridized carbons (Fsp3) is 0.368. The third kappa shape index (κ3) is 4.65.